The van der Waals surface area contributed by atoms with E-state index in [0.29, 0.717) is 10.4 Å². The summed E-state index contributed by atoms with van der Waals surface area (Å²) < 4.78 is 27.6. The van der Waals surface area contributed by atoms with Crippen molar-refractivity contribution in [1.82, 2.24) is 0 Å². The van der Waals surface area contributed by atoms with Crippen molar-refractivity contribution in [3.63, 3.8) is 0 Å². The molecule has 0 aliphatic rings. The van der Waals surface area contributed by atoms with Gasteiger partial charge in [-0.05, 0) is 37.6 Å². The maximum absolute atomic E-state index is 13.9. The van der Waals surface area contributed by atoms with Gasteiger partial charge in [0.15, 0.2) is 0 Å². The van der Waals surface area contributed by atoms with Crippen LogP contribution < -0.4 is 5.73 Å². The van der Waals surface area contributed by atoms with Gasteiger partial charge in [-0.15, -0.1) is 11.3 Å². The van der Waals surface area contributed by atoms with E-state index in [-0.39, 0.29) is 11.6 Å². The number of hydrogen-bond donors (Lipinski definition) is 1. The summed E-state index contributed by atoms with van der Waals surface area (Å²) in [5.74, 6) is -1.03. The van der Waals surface area contributed by atoms with Crippen LogP contribution in [0.4, 0.5) is 8.78 Å². The highest BCUT2D eigenvalue weighted by molar-refractivity contribution is 7.15. The van der Waals surface area contributed by atoms with Crippen molar-refractivity contribution in [3.05, 3.63) is 46.3 Å². The fraction of sp³-hybridized carbons (Fsp3) is 0.231. The van der Waals surface area contributed by atoms with Crippen LogP contribution >= 0.6 is 11.3 Å². The van der Waals surface area contributed by atoms with Crippen LogP contribution in [0.1, 0.15) is 23.4 Å². The van der Waals surface area contributed by atoms with Crippen LogP contribution in [-0.4, -0.2) is 0 Å². The highest BCUT2D eigenvalue weighted by Gasteiger charge is 2.16. The lowest BCUT2D eigenvalue weighted by Gasteiger charge is -2.05. The molecule has 2 rings (SSSR count). The van der Waals surface area contributed by atoms with Gasteiger partial charge in [0.25, 0.3) is 0 Å². The summed E-state index contributed by atoms with van der Waals surface area (Å²) >= 11 is 1.33. The molecule has 0 fully saturated rings. The van der Waals surface area contributed by atoms with Crippen molar-refractivity contribution < 1.29 is 8.78 Å². The van der Waals surface area contributed by atoms with Crippen molar-refractivity contribution in [2.24, 2.45) is 5.73 Å². The van der Waals surface area contributed by atoms with Crippen molar-refractivity contribution >= 4 is 11.3 Å². The van der Waals surface area contributed by atoms with Gasteiger partial charge in [-0.25, -0.2) is 8.78 Å². The van der Waals surface area contributed by atoms with Crippen LogP contribution in [0.5, 0.6) is 0 Å². The van der Waals surface area contributed by atoms with Gasteiger partial charge in [0, 0.05) is 15.8 Å². The Morgan fingerprint density at radius 2 is 1.88 bits per heavy atom. The van der Waals surface area contributed by atoms with Gasteiger partial charge in [-0.1, -0.05) is 6.07 Å². The Kier molecular flexibility index (Phi) is 3.26. The molecule has 0 aliphatic heterocycles. The summed E-state index contributed by atoms with van der Waals surface area (Å²) in [7, 11) is 0. The molecule has 1 unspecified atom stereocenters. The monoisotopic (exact) mass is 253 g/mol. The summed E-state index contributed by atoms with van der Waals surface area (Å²) in [6, 6.07) is 6.13. The first-order valence-electron chi connectivity index (χ1n) is 5.31. The molecule has 1 atom stereocenters. The topological polar surface area (TPSA) is 26.0 Å². The molecule has 2 aromatic rings. The van der Waals surface area contributed by atoms with E-state index < -0.39 is 11.6 Å². The van der Waals surface area contributed by atoms with Crippen molar-refractivity contribution in [2.75, 3.05) is 0 Å². The molecule has 1 aromatic heterocycles. The van der Waals surface area contributed by atoms with E-state index >= 15 is 0 Å². The van der Waals surface area contributed by atoms with Crippen LogP contribution in [-0.2, 0) is 0 Å². The van der Waals surface area contributed by atoms with E-state index in [9.17, 15) is 8.78 Å². The highest BCUT2D eigenvalue weighted by atomic mass is 32.1. The first kappa shape index (κ1) is 12.2. The zero-order valence-corrected chi connectivity index (χ0v) is 10.4. The van der Waals surface area contributed by atoms with Gasteiger partial charge in [0.05, 0.1) is 5.56 Å². The van der Waals surface area contributed by atoms with E-state index in [2.05, 4.69) is 0 Å². The fourth-order valence-corrected chi connectivity index (χ4v) is 2.62. The predicted molar refractivity (Wildman–Crippen MR) is 67.0 cm³/mol. The van der Waals surface area contributed by atoms with E-state index in [1.54, 1.807) is 13.0 Å². The molecule has 0 spiro atoms. The average Bonchev–Trinajstić information content (AvgIpc) is 2.73. The lowest BCUT2D eigenvalue weighted by Crippen LogP contribution is -2.01. The Morgan fingerprint density at radius 1 is 1.18 bits per heavy atom. The van der Waals surface area contributed by atoms with Gasteiger partial charge >= 0.3 is 0 Å². The lowest BCUT2D eigenvalue weighted by atomic mass is 10.1. The smallest absolute Gasteiger partial charge is 0.137 e. The molecule has 0 radical (unpaired) electrons. The zero-order valence-electron chi connectivity index (χ0n) is 9.63. The Labute approximate surface area is 103 Å². The summed E-state index contributed by atoms with van der Waals surface area (Å²) in [4.78, 5) is 1.50. The summed E-state index contributed by atoms with van der Waals surface area (Å²) in [5.41, 5.74) is 6.22. The second-order valence-electron chi connectivity index (χ2n) is 4.04. The maximum atomic E-state index is 13.9. The van der Waals surface area contributed by atoms with Gasteiger partial charge in [-0.2, -0.15) is 0 Å². The summed E-state index contributed by atoms with van der Waals surface area (Å²) in [5, 5.41) is 0. The predicted octanol–water partition coefficient (Wildman–Crippen LogP) is 4.02. The third kappa shape index (κ3) is 2.23. The van der Waals surface area contributed by atoms with Crippen LogP contribution in [0.15, 0.2) is 24.3 Å². The number of thiophene rings is 1. The molecule has 4 heteroatoms. The number of benzene rings is 1. The van der Waals surface area contributed by atoms with Crippen LogP contribution in [0.25, 0.3) is 10.4 Å². The minimum Gasteiger partial charge on any atom is -0.324 e. The first-order valence-corrected chi connectivity index (χ1v) is 6.12. The van der Waals surface area contributed by atoms with Crippen molar-refractivity contribution in [2.45, 2.75) is 19.9 Å². The third-order valence-electron chi connectivity index (χ3n) is 2.61. The minimum absolute atomic E-state index is 0.0434. The molecule has 1 heterocycles. The quantitative estimate of drug-likeness (QED) is 0.859. The van der Waals surface area contributed by atoms with Crippen molar-refractivity contribution in [1.29, 1.82) is 0 Å². The standard InChI is InChI=1S/C13H13F2NS/c1-7-3-4-9(14)12(13(7)15)11-6-5-10(17-11)8(2)16/h3-6,8H,16H2,1-2H3. The third-order valence-corrected chi connectivity index (χ3v) is 3.91. The van der Waals surface area contributed by atoms with E-state index in [4.69, 9.17) is 5.73 Å². The number of halogens is 2. The van der Waals surface area contributed by atoms with Gasteiger partial charge in [0.2, 0.25) is 0 Å². The largest absolute Gasteiger partial charge is 0.324 e. The van der Waals surface area contributed by atoms with Crippen LogP contribution in [0.3, 0.4) is 0 Å². The molecule has 0 bridgehead atoms. The van der Waals surface area contributed by atoms with Gasteiger partial charge in [-0.3, -0.25) is 0 Å². The number of aryl methyl sites for hydroxylation is 1. The SMILES string of the molecule is Cc1ccc(F)c(-c2ccc(C(C)N)s2)c1F. The Hall–Kier alpha value is -1.26. The maximum Gasteiger partial charge on any atom is 0.137 e. The van der Waals surface area contributed by atoms with Crippen molar-refractivity contribution in [3.8, 4) is 10.4 Å². The Morgan fingerprint density at radius 3 is 2.47 bits per heavy atom. The molecular formula is C13H13F2NS. The second kappa shape index (κ2) is 4.55. The van der Waals surface area contributed by atoms with Crippen LogP contribution in [0.2, 0.25) is 0 Å². The second-order valence-corrected chi connectivity index (χ2v) is 5.16. The number of rotatable bonds is 2. The van der Waals surface area contributed by atoms with Gasteiger partial charge < -0.3 is 5.73 Å². The Balaban J connectivity index is 2.56. The fourth-order valence-electron chi connectivity index (χ4n) is 1.61. The first-order chi connectivity index (χ1) is 8.00. The molecule has 0 saturated carbocycles. The minimum atomic E-state index is -0.536. The molecule has 2 N–H and O–H groups in total. The molecule has 1 aromatic carbocycles. The number of hydrogen-bond acceptors (Lipinski definition) is 2. The van der Waals surface area contributed by atoms with E-state index in [1.807, 2.05) is 13.0 Å². The molecule has 0 aliphatic carbocycles. The number of nitrogens with two attached hydrogens (primary N) is 1. The lowest BCUT2D eigenvalue weighted by molar-refractivity contribution is 0.584. The molecule has 0 amide bonds. The van der Waals surface area contributed by atoms with Crippen LogP contribution in [0, 0.1) is 18.6 Å². The Bertz CT molecular complexity index is 546. The highest BCUT2D eigenvalue weighted by Crippen LogP contribution is 2.34. The van der Waals surface area contributed by atoms with Gasteiger partial charge in [0.1, 0.15) is 11.6 Å². The zero-order chi connectivity index (χ0) is 12.6. The molecule has 17 heavy (non-hydrogen) atoms. The van der Waals surface area contributed by atoms with E-state index in [1.165, 1.54) is 23.5 Å². The average molecular weight is 253 g/mol. The normalized spacial score (nSPS) is 12.8. The summed E-state index contributed by atoms with van der Waals surface area (Å²) in [6.45, 7) is 3.47. The molecule has 1 nitrogen and oxygen atoms in total. The molecule has 0 saturated heterocycles. The van der Waals surface area contributed by atoms with E-state index in [0.717, 1.165) is 4.88 Å². The summed E-state index contributed by atoms with van der Waals surface area (Å²) in [6.07, 6.45) is 0. The molecular weight excluding hydrogens is 240 g/mol. The molecule has 90 valence electrons.